The highest BCUT2D eigenvalue weighted by Gasteiger charge is 2.32. The topological polar surface area (TPSA) is 78.9 Å². The monoisotopic (exact) mass is 260 g/mol. The van der Waals surface area contributed by atoms with E-state index < -0.39 is 24.0 Å². The first kappa shape index (κ1) is 16.4. The summed E-state index contributed by atoms with van der Waals surface area (Å²) in [4.78, 5) is 34.0. The van der Waals surface area contributed by atoms with Crippen LogP contribution in [0.3, 0.4) is 0 Å². The first-order valence-electron chi connectivity index (χ1n) is 5.86. The van der Waals surface area contributed by atoms with E-state index in [0.717, 1.165) is 7.11 Å². The quantitative estimate of drug-likeness (QED) is 0.387. The third-order valence-electron chi connectivity index (χ3n) is 2.11. The van der Waals surface area contributed by atoms with Crippen LogP contribution in [0, 0.1) is 5.92 Å². The number of carbonyl (C=O) groups excluding carboxylic acids is 3. The summed E-state index contributed by atoms with van der Waals surface area (Å²) in [6.45, 7) is 5.68. The molecule has 0 heterocycles. The molecule has 0 aromatic carbocycles. The van der Waals surface area contributed by atoms with Crippen LogP contribution in [0.1, 0.15) is 33.6 Å². The summed E-state index contributed by atoms with van der Waals surface area (Å²) in [6, 6.07) is 0. The number of hydrogen-bond acceptors (Lipinski definition) is 6. The van der Waals surface area contributed by atoms with Crippen molar-refractivity contribution in [2.24, 2.45) is 5.92 Å². The summed E-state index contributed by atoms with van der Waals surface area (Å²) < 4.78 is 13.9. The van der Waals surface area contributed by atoms with Crippen LogP contribution in [0.5, 0.6) is 0 Å². The van der Waals surface area contributed by atoms with Gasteiger partial charge in [-0.1, -0.05) is 20.8 Å². The second kappa shape index (κ2) is 8.49. The van der Waals surface area contributed by atoms with Gasteiger partial charge < -0.3 is 14.2 Å². The molecule has 1 atom stereocenters. The summed E-state index contributed by atoms with van der Waals surface area (Å²) in [5.41, 5.74) is 0. The summed E-state index contributed by atoms with van der Waals surface area (Å²) >= 11 is 0. The molecular formula is C12H20O6. The molecule has 6 heteroatoms. The first-order chi connectivity index (χ1) is 8.42. The smallest absolute Gasteiger partial charge is 0.359 e. The van der Waals surface area contributed by atoms with E-state index in [1.165, 1.54) is 0 Å². The summed E-state index contributed by atoms with van der Waals surface area (Å²) in [6.07, 6.45) is -0.900. The molecule has 6 nitrogen and oxygen atoms in total. The third-order valence-corrected chi connectivity index (χ3v) is 2.11. The summed E-state index contributed by atoms with van der Waals surface area (Å²) in [5, 5.41) is 0. The van der Waals surface area contributed by atoms with Crippen molar-refractivity contribution in [1.29, 1.82) is 0 Å². The standard InChI is InChI=1S/C12H20O6/c1-5-9(13)18-10(11(14)16-4)12(15)17-7-6-8(2)3/h8,10H,5-7H2,1-4H3. The predicted molar refractivity (Wildman–Crippen MR) is 62.6 cm³/mol. The van der Waals surface area contributed by atoms with E-state index in [4.69, 9.17) is 4.74 Å². The van der Waals surface area contributed by atoms with Crippen molar-refractivity contribution in [2.45, 2.75) is 39.7 Å². The van der Waals surface area contributed by atoms with Crippen LogP contribution in [-0.2, 0) is 28.6 Å². The van der Waals surface area contributed by atoms with Crippen LogP contribution in [0.4, 0.5) is 0 Å². The van der Waals surface area contributed by atoms with Crippen molar-refractivity contribution >= 4 is 17.9 Å². The normalized spacial score (nSPS) is 11.8. The Bertz CT molecular complexity index is 297. The van der Waals surface area contributed by atoms with Crippen LogP contribution in [-0.4, -0.2) is 37.7 Å². The van der Waals surface area contributed by atoms with Crippen molar-refractivity contribution in [1.82, 2.24) is 0 Å². The minimum Gasteiger partial charge on any atom is -0.466 e. The Morgan fingerprint density at radius 1 is 1.11 bits per heavy atom. The fourth-order valence-corrected chi connectivity index (χ4v) is 0.985. The van der Waals surface area contributed by atoms with E-state index in [0.29, 0.717) is 12.3 Å². The van der Waals surface area contributed by atoms with Gasteiger partial charge in [-0.15, -0.1) is 0 Å². The molecule has 0 fully saturated rings. The number of hydrogen-bond donors (Lipinski definition) is 0. The van der Waals surface area contributed by atoms with Crippen LogP contribution in [0.2, 0.25) is 0 Å². The highest BCUT2D eigenvalue weighted by Crippen LogP contribution is 2.04. The molecule has 0 aromatic heterocycles. The van der Waals surface area contributed by atoms with Crippen LogP contribution >= 0.6 is 0 Å². The fraction of sp³-hybridized carbons (Fsp3) is 0.750. The van der Waals surface area contributed by atoms with Crippen molar-refractivity contribution in [3.63, 3.8) is 0 Å². The minimum atomic E-state index is -1.63. The maximum absolute atomic E-state index is 11.6. The largest absolute Gasteiger partial charge is 0.466 e. The lowest BCUT2D eigenvalue weighted by Crippen LogP contribution is -2.37. The van der Waals surface area contributed by atoms with E-state index in [1.54, 1.807) is 6.92 Å². The maximum Gasteiger partial charge on any atom is 0.359 e. The molecule has 1 unspecified atom stereocenters. The van der Waals surface area contributed by atoms with E-state index in [-0.39, 0.29) is 13.0 Å². The molecule has 18 heavy (non-hydrogen) atoms. The molecule has 0 rings (SSSR count). The average molecular weight is 260 g/mol. The molecule has 0 aliphatic rings. The minimum absolute atomic E-state index is 0.0623. The average Bonchev–Trinajstić information content (AvgIpc) is 2.33. The van der Waals surface area contributed by atoms with Crippen molar-refractivity contribution in [3.8, 4) is 0 Å². The lowest BCUT2D eigenvalue weighted by molar-refractivity contribution is -0.179. The first-order valence-corrected chi connectivity index (χ1v) is 5.86. The van der Waals surface area contributed by atoms with E-state index in [9.17, 15) is 14.4 Å². The van der Waals surface area contributed by atoms with Gasteiger partial charge in [0.25, 0.3) is 6.10 Å². The zero-order valence-electron chi connectivity index (χ0n) is 11.2. The molecule has 0 saturated heterocycles. The molecule has 0 saturated carbocycles. The van der Waals surface area contributed by atoms with Crippen molar-refractivity contribution in [3.05, 3.63) is 0 Å². The van der Waals surface area contributed by atoms with Crippen molar-refractivity contribution < 1.29 is 28.6 Å². The van der Waals surface area contributed by atoms with Crippen molar-refractivity contribution in [2.75, 3.05) is 13.7 Å². The Kier molecular flexibility index (Phi) is 7.74. The SMILES string of the molecule is CCC(=O)OC(C(=O)OC)C(=O)OCCC(C)C. The third kappa shape index (κ3) is 6.22. The van der Waals surface area contributed by atoms with Crippen LogP contribution < -0.4 is 0 Å². The highest BCUT2D eigenvalue weighted by atomic mass is 16.6. The Morgan fingerprint density at radius 3 is 2.17 bits per heavy atom. The second-order valence-corrected chi connectivity index (χ2v) is 4.10. The second-order valence-electron chi connectivity index (χ2n) is 4.10. The van der Waals surface area contributed by atoms with Gasteiger partial charge in [-0.3, -0.25) is 4.79 Å². The van der Waals surface area contributed by atoms with Gasteiger partial charge in [-0.25, -0.2) is 9.59 Å². The number of rotatable bonds is 7. The molecule has 104 valence electrons. The van der Waals surface area contributed by atoms with Crippen LogP contribution in [0.15, 0.2) is 0 Å². The number of ether oxygens (including phenoxy) is 3. The highest BCUT2D eigenvalue weighted by molar-refractivity contribution is 5.99. The fourth-order valence-electron chi connectivity index (χ4n) is 0.985. The van der Waals surface area contributed by atoms with Gasteiger partial charge in [0.15, 0.2) is 0 Å². The molecule has 0 aliphatic carbocycles. The van der Waals surface area contributed by atoms with Gasteiger partial charge in [-0.2, -0.15) is 0 Å². The molecule has 0 bridgehead atoms. The molecule has 0 amide bonds. The van der Waals surface area contributed by atoms with Gasteiger partial charge in [0.05, 0.1) is 13.7 Å². The zero-order chi connectivity index (χ0) is 14.1. The molecular weight excluding hydrogens is 240 g/mol. The van der Waals surface area contributed by atoms with E-state index in [1.807, 2.05) is 13.8 Å². The molecule has 0 N–H and O–H groups in total. The van der Waals surface area contributed by atoms with E-state index >= 15 is 0 Å². The molecule has 0 aromatic rings. The number of methoxy groups -OCH3 is 1. The van der Waals surface area contributed by atoms with Gasteiger partial charge in [0, 0.05) is 6.42 Å². The number of esters is 3. The lowest BCUT2D eigenvalue weighted by Gasteiger charge is -2.14. The summed E-state index contributed by atoms with van der Waals surface area (Å²) in [7, 11) is 1.11. The Balaban J connectivity index is 4.41. The van der Waals surface area contributed by atoms with Gasteiger partial charge >= 0.3 is 17.9 Å². The summed E-state index contributed by atoms with van der Waals surface area (Å²) in [5.74, 6) is -2.13. The lowest BCUT2D eigenvalue weighted by atomic mass is 10.1. The molecule has 0 aliphatic heterocycles. The van der Waals surface area contributed by atoms with Crippen LogP contribution in [0.25, 0.3) is 0 Å². The zero-order valence-corrected chi connectivity index (χ0v) is 11.2. The van der Waals surface area contributed by atoms with Gasteiger partial charge in [0.1, 0.15) is 0 Å². The van der Waals surface area contributed by atoms with Gasteiger partial charge in [0.2, 0.25) is 0 Å². The number of carbonyl (C=O) groups is 3. The predicted octanol–water partition coefficient (Wildman–Crippen LogP) is 1.07. The maximum atomic E-state index is 11.6. The van der Waals surface area contributed by atoms with Gasteiger partial charge in [-0.05, 0) is 12.3 Å². The molecule has 0 radical (unpaired) electrons. The Labute approximate surface area is 107 Å². The Hall–Kier alpha value is -1.59. The van der Waals surface area contributed by atoms with E-state index in [2.05, 4.69) is 9.47 Å². The molecule has 0 spiro atoms. The Morgan fingerprint density at radius 2 is 1.72 bits per heavy atom.